The molecule has 5 aromatic carbocycles. The van der Waals surface area contributed by atoms with Crippen molar-refractivity contribution in [2.24, 2.45) is 0 Å². The molecule has 0 saturated carbocycles. The molecule has 0 saturated heterocycles. The van der Waals surface area contributed by atoms with Gasteiger partial charge in [0.2, 0.25) is 0 Å². The van der Waals surface area contributed by atoms with E-state index in [0.717, 1.165) is 5.69 Å². The average Bonchev–Trinajstić information content (AvgIpc) is 3.05. The molecule has 2 N–H and O–H groups in total. The predicted octanol–water partition coefficient (Wildman–Crippen LogP) is 9.69. The summed E-state index contributed by atoms with van der Waals surface area (Å²) in [5, 5.41) is 6.74. The summed E-state index contributed by atoms with van der Waals surface area (Å²) in [5.74, 6) is 0.631. The van der Waals surface area contributed by atoms with Gasteiger partial charge in [0.15, 0.2) is 0 Å². The smallest absolute Gasteiger partial charge is 0.407 e. The van der Waals surface area contributed by atoms with Gasteiger partial charge >= 0.3 is 6.09 Å². The van der Waals surface area contributed by atoms with E-state index < -0.39 is 16.4 Å². The Morgan fingerprint density at radius 2 is 1.22 bits per heavy atom. The zero-order valence-electron chi connectivity index (χ0n) is 26.5. The van der Waals surface area contributed by atoms with Crippen LogP contribution >= 0.6 is 11.8 Å². The molecule has 0 aliphatic carbocycles. The maximum atomic E-state index is 13.1. The zero-order valence-corrected chi connectivity index (χ0v) is 27.3. The molecule has 0 fully saturated rings. The Hall–Kier alpha value is -4.48. The molecule has 1 atom stereocenters. The van der Waals surface area contributed by atoms with Crippen molar-refractivity contribution in [3.63, 3.8) is 0 Å². The summed E-state index contributed by atoms with van der Waals surface area (Å²) in [6.45, 7) is 8.29. The van der Waals surface area contributed by atoms with Crippen LogP contribution in [0.5, 0.6) is 0 Å². The molecule has 5 rings (SSSR count). The third-order valence-corrected chi connectivity index (χ3v) is 9.26. The van der Waals surface area contributed by atoms with Gasteiger partial charge in [-0.05, 0) is 67.6 Å². The highest BCUT2D eigenvalue weighted by molar-refractivity contribution is 8.00. The Morgan fingerprint density at radius 1 is 0.689 bits per heavy atom. The lowest BCUT2D eigenvalue weighted by Crippen LogP contribution is -2.45. The van der Waals surface area contributed by atoms with Gasteiger partial charge in [0.05, 0.1) is 10.8 Å². The number of amides is 1. The fraction of sp³-hybridized carbons (Fsp3) is 0.225. The number of aryl methyl sites for hydroxylation is 1. The molecule has 0 aromatic heterocycles. The van der Waals surface area contributed by atoms with Crippen LogP contribution in [-0.2, 0) is 9.48 Å². The van der Waals surface area contributed by atoms with Crippen molar-refractivity contribution in [3.8, 4) is 11.1 Å². The largest absolute Gasteiger partial charge is 0.444 e. The van der Waals surface area contributed by atoms with Crippen LogP contribution in [0.15, 0.2) is 140 Å². The molecule has 45 heavy (non-hydrogen) atoms. The van der Waals surface area contributed by atoms with E-state index >= 15 is 0 Å². The van der Waals surface area contributed by atoms with E-state index in [0.29, 0.717) is 12.3 Å². The lowest BCUT2D eigenvalue weighted by Gasteiger charge is -2.37. The van der Waals surface area contributed by atoms with Crippen LogP contribution < -0.4 is 10.6 Å². The Labute approximate surface area is 272 Å². The monoisotopic (exact) mass is 614 g/mol. The highest BCUT2D eigenvalue weighted by Crippen LogP contribution is 2.48. The molecule has 4 nitrogen and oxygen atoms in total. The maximum absolute atomic E-state index is 13.1. The third-order valence-electron chi connectivity index (χ3n) is 7.55. The van der Waals surface area contributed by atoms with Crippen molar-refractivity contribution in [2.45, 2.75) is 44.1 Å². The Kier molecular flexibility index (Phi) is 10.3. The SMILES string of the molecule is Cc1cccc(-c2ccc(NC[C@H](CSC(c3ccccc3)(c3ccccc3)c3ccccc3)NC(=O)OC(C)(C)C)cc2)c1. The predicted molar refractivity (Wildman–Crippen MR) is 190 cm³/mol. The molecular weight excluding hydrogens is 573 g/mol. The van der Waals surface area contributed by atoms with Crippen LogP contribution in [0.1, 0.15) is 43.0 Å². The number of benzene rings is 5. The van der Waals surface area contributed by atoms with Gasteiger partial charge in [-0.2, -0.15) is 0 Å². The fourth-order valence-corrected chi connectivity index (χ4v) is 7.03. The Balaban J connectivity index is 1.43. The summed E-state index contributed by atoms with van der Waals surface area (Å²) in [6, 6.07) is 48.6. The van der Waals surface area contributed by atoms with Gasteiger partial charge in [-0.1, -0.05) is 133 Å². The van der Waals surface area contributed by atoms with Crippen LogP contribution in [-0.4, -0.2) is 30.0 Å². The van der Waals surface area contributed by atoms with E-state index in [2.05, 4.69) is 157 Å². The van der Waals surface area contributed by atoms with Crippen molar-refractivity contribution in [1.82, 2.24) is 5.32 Å². The lowest BCUT2D eigenvalue weighted by molar-refractivity contribution is 0.0512. The van der Waals surface area contributed by atoms with Crippen LogP contribution in [0.2, 0.25) is 0 Å². The minimum atomic E-state index is -0.595. The molecule has 5 aromatic rings. The number of anilines is 1. The van der Waals surface area contributed by atoms with Gasteiger partial charge in [0, 0.05) is 18.0 Å². The van der Waals surface area contributed by atoms with E-state index in [1.165, 1.54) is 33.4 Å². The van der Waals surface area contributed by atoms with Crippen molar-refractivity contribution < 1.29 is 9.53 Å². The number of thioether (sulfide) groups is 1. The fourth-order valence-electron chi connectivity index (χ4n) is 5.47. The second-order valence-corrected chi connectivity index (χ2v) is 13.5. The minimum Gasteiger partial charge on any atom is -0.444 e. The first kappa shape index (κ1) is 31.9. The van der Waals surface area contributed by atoms with E-state index in [4.69, 9.17) is 4.74 Å². The van der Waals surface area contributed by atoms with E-state index in [-0.39, 0.29) is 6.04 Å². The number of carbonyl (C=O) groups excluding carboxylic acids is 1. The van der Waals surface area contributed by atoms with Crippen LogP contribution in [0, 0.1) is 6.92 Å². The summed E-state index contributed by atoms with van der Waals surface area (Å²) >= 11 is 1.82. The van der Waals surface area contributed by atoms with Gasteiger partial charge in [-0.25, -0.2) is 4.79 Å². The maximum Gasteiger partial charge on any atom is 0.407 e. The van der Waals surface area contributed by atoms with Crippen molar-refractivity contribution in [2.75, 3.05) is 17.6 Å². The number of ether oxygens (including phenoxy) is 1. The first-order valence-electron chi connectivity index (χ1n) is 15.4. The normalized spacial score (nSPS) is 12.3. The summed E-state index contributed by atoms with van der Waals surface area (Å²) in [4.78, 5) is 13.1. The van der Waals surface area contributed by atoms with Gasteiger partial charge in [0.25, 0.3) is 0 Å². The number of hydrogen-bond acceptors (Lipinski definition) is 4. The molecule has 0 radical (unpaired) electrons. The molecule has 5 heteroatoms. The van der Waals surface area contributed by atoms with E-state index in [9.17, 15) is 4.79 Å². The standard InChI is InChI=1S/C40H42N2O2S/c1-30-15-14-16-32(27-30)31-23-25-36(26-24-31)41-28-37(42-38(43)44-39(2,3)4)29-45-40(33-17-8-5-9-18-33,34-19-10-6-11-20-34)35-21-12-7-13-22-35/h5-27,37,41H,28-29H2,1-4H3,(H,42,43)/t37-/m1/s1. The third kappa shape index (κ3) is 8.37. The number of hydrogen-bond donors (Lipinski definition) is 2. The molecular formula is C40H42N2O2S. The van der Waals surface area contributed by atoms with Crippen molar-refractivity contribution >= 4 is 23.5 Å². The highest BCUT2D eigenvalue weighted by atomic mass is 32.2. The molecule has 1 amide bonds. The Bertz CT molecular complexity index is 1550. The number of rotatable bonds is 11. The highest BCUT2D eigenvalue weighted by Gasteiger charge is 2.37. The molecule has 0 spiro atoms. The topological polar surface area (TPSA) is 50.4 Å². The molecule has 0 unspecified atom stereocenters. The minimum absolute atomic E-state index is 0.225. The first-order valence-corrected chi connectivity index (χ1v) is 16.4. The number of carbonyl (C=O) groups is 1. The average molecular weight is 615 g/mol. The molecule has 0 aliphatic heterocycles. The lowest BCUT2D eigenvalue weighted by atomic mass is 9.84. The second kappa shape index (κ2) is 14.5. The van der Waals surface area contributed by atoms with Gasteiger partial charge in [-0.3, -0.25) is 0 Å². The zero-order chi connectivity index (χ0) is 31.7. The van der Waals surface area contributed by atoms with Gasteiger partial charge in [0.1, 0.15) is 5.60 Å². The van der Waals surface area contributed by atoms with Crippen LogP contribution in [0.4, 0.5) is 10.5 Å². The van der Waals surface area contributed by atoms with Crippen molar-refractivity contribution in [3.05, 3.63) is 162 Å². The summed E-state index contributed by atoms with van der Waals surface area (Å²) in [6.07, 6.45) is -0.422. The number of nitrogens with one attached hydrogen (secondary N) is 2. The molecule has 0 bridgehead atoms. The Morgan fingerprint density at radius 3 is 1.71 bits per heavy atom. The van der Waals surface area contributed by atoms with Gasteiger partial charge < -0.3 is 15.4 Å². The van der Waals surface area contributed by atoms with Crippen LogP contribution in [0.25, 0.3) is 11.1 Å². The number of alkyl carbamates (subject to hydrolysis) is 1. The van der Waals surface area contributed by atoms with Crippen LogP contribution in [0.3, 0.4) is 0 Å². The van der Waals surface area contributed by atoms with Gasteiger partial charge in [-0.15, -0.1) is 11.8 Å². The first-order chi connectivity index (χ1) is 21.7. The summed E-state index contributed by atoms with van der Waals surface area (Å²) in [5.41, 5.74) is 7.55. The molecule has 0 aliphatic rings. The van der Waals surface area contributed by atoms with E-state index in [1.54, 1.807) is 0 Å². The second-order valence-electron chi connectivity index (χ2n) is 12.3. The molecule has 230 valence electrons. The quantitative estimate of drug-likeness (QED) is 0.145. The van der Waals surface area contributed by atoms with E-state index in [1.807, 2.05) is 32.5 Å². The van der Waals surface area contributed by atoms with Crippen molar-refractivity contribution in [1.29, 1.82) is 0 Å². The summed E-state index contributed by atoms with van der Waals surface area (Å²) in [7, 11) is 0. The molecule has 0 heterocycles. The summed E-state index contributed by atoms with van der Waals surface area (Å²) < 4.78 is 5.20.